The molecule has 4 heteroatoms. The topological polar surface area (TPSA) is 24.5 Å². The molecule has 0 radical (unpaired) electrons. The Hall–Kier alpha value is -1.29. The van der Waals surface area contributed by atoms with Crippen molar-refractivity contribution in [3.05, 3.63) is 24.3 Å². The number of hydrogen-bond donors (Lipinski definition) is 1. The summed E-state index contributed by atoms with van der Waals surface area (Å²) in [6.07, 6.45) is 0. The van der Waals surface area contributed by atoms with Crippen molar-refractivity contribution in [3.8, 4) is 5.75 Å². The van der Waals surface area contributed by atoms with E-state index in [2.05, 4.69) is 37.9 Å². The molecule has 0 spiro atoms. The van der Waals surface area contributed by atoms with E-state index in [9.17, 15) is 0 Å². The molecule has 0 bridgehead atoms. The fraction of sp³-hybridized carbons (Fsp3) is 0.500. The van der Waals surface area contributed by atoms with Crippen LogP contribution in [0.4, 0.5) is 5.69 Å². The van der Waals surface area contributed by atoms with E-state index in [1.807, 2.05) is 24.3 Å². The Kier molecular flexibility index (Phi) is 5.41. The summed E-state index contributed by atoms with van der Waals surface area (Å²) in [7, 11) is 1.66. The highest BCUT2D eigenvalue weighted by molar-refractivity contribution is 7.80. The molecule has 0 aliphatic carbocycles. The van der Waals surface area contributed by atoms with E-state index < -0.39 is 0 Å². The number of thiocarbonyl (C=S) groups is 1. The van der Waals surface area contributed by atoms with Gasteiger partial charge in [0, 0.05) is 12.1 Å². The zero-order valence-corrected chi connectivity index (χ0v) is 12.5. The normalized spacial score (nSPS) is 10.6. The predicted octanol–water partition coefficient (Wildman–Crippen LogP) is 3.51. The molecule has 0 heterocycles. The van der Waals surface area contributed by atoms with Crippen LogP contribution in [0.3, 0.4) is 0 Å². The third kappa shape index (κ3) is 3.60. The first-order valence-corrected chi connectivity index (χ1v) is 6.60. The van der Waals surface area contributed by atoms with Gasteiger partial charge in [-0.3, -0.25) is 0 Å². The molecular formula is C14H22N2OS. The highest BCUT2D eigenvalue weighted by atomic mass is 32.1. The fourth-order valence-corrected chi connectivity index (χ4v) is 2.52. The molecule has 0 atom stereocenters. The lowest BCUT2D eigenvalue weighted by Crippen LogP contribution is -2.44. The lowest BCUT2D eigenvalue weighted by Gasteiger charge is -2.33. The molecule has 3 nitrogen and oxygen atoms in total. The van der Waals surface area contributed by atoms with Crippen LogP contribution in [0.2, 0.25) is 0 Å². The SMILES string of the molecule is COc1ccccc1NC(=S)N(C(C)C)C(C)C. The molecule has 0 unspecified atom stereocenters. The number of benzene rings is 1. The third-order valence-electron chi connectivity index (χ3n) is 2.70. The van der Waals surface area contributed by atoms with Gasteiger partial charge in [0.1, 0.15) is 5.75 Å². The molecule has 1 rings (SSSR count). The van der Waals surface area contributed by atoms with E-state index in [1.165, 1.54) is 0 Å². The van der Waals surface area contributed by atoms with Gasteiger partial charge in [0.05, 0.1) is 12.8 Å². The van der Waals surface area contributed by atoms with Crippen LogP contribution >= 0.6 is 12.2 Å². The van der Waals surface area contributed by atoms with Crippen molar-refractivity contribution in [1.29, 1.82) is 0 Å². The zero-order valence-electron chi connectivity index (χ0n) is 11.7. The molecule has 100 valence electrons. The molecular weight excluding hydrogens is 244 g/mol. The van der Waals surface area contributed by atoms with E-state index >= 15 is 0 Å². The number of methoxy groups -OCH3 is 1. The summed E-state index contributed by atoms with van der Waals surface area (Å²) in [6, 6.07) is 8.50. The van der Waals surface area contributed by atoms with Gasteiger partial charge >= 0.3 is 0 Å². The van der Waals surface area contributed by atoms with Crippen LogP contribution in [0, 0.1) is 0 Å². The van der Waals surface area contributed by atoms with Gasteiger partial charge in [-0.25, -0.2) is 0 Å². The number of nitrogens with one attached hydrogen (secondary N) is 1. The highest BCUT2D eigenvalue weighted by Crippen LogP contribution is 2.24. The Bertz CT molecular complexity index is 397. The van der Waals surface area contributed by atoms with Crippen molar-refractivity contribution in [2.45, 2.75) is 39.8 Å². The number of para-hydroxylation sites is 2. The first-order chi connectivity index (χ1) is 8.47. The van der Waals surface area contributed by atoms with E-state index in [1.54, 1.807) is 7.11 Å². The second-order valence-corrected chi connectivity index (χ2v) is 5.11. The number of hydrogen-bond acceptors (Lipinski definition) is 2. The predicted molar refractivity (Wildman–Crippen MR) is 81.3 cm³/mol. The monoisotopic (exact) mass is 266 g/mol. The molecule has 0 saturated heterocycles. The first kappa shape index (κ1) is 14.8. The number of nitrogens with zero attached hydrogens (tertiary/aromatic N) is 1. The molecule has 0 aromatic heterocycles. The van der Waals surface area contributed by atoms with E-state index in [-0.39, 0.29) is 0 Å². The molecule has 1 aromatic rings. The van der Waals surface area contributed by atoms with Crippen LogP contribution in [0.5, 0.6) is 5.75 Å². The summed E-state index contributed by atoms with van der Waals surface area (Å²) in [5.41, 5.74) is 0.899. The van der Waals surface area contributed by atoms with Gasteiger partial charge in [-0.2, -0.15) is 0 Å². The molecule has 0 fully saturated rings. The van der Waals surface area contributed by atoms with Crippen LogP contribution < -0.4 is 10.1 Å². The standard InChI is InChI=1S/C14H22N2OS/c1-10(2)16(11(3)4)14(18)15-12-8-6-7-9-13(12)17-5/h6-11H,1-5H3,(H,15,18). The average Bonchev–Trinajstić information content (AvgIpc) is 2.28. The van der Waals surface area contributed by atoms with Crippen LogP contribution in [0.25, 0.3) is 0 Å². The Morgan fingerprint density at radius 1 is 1.17 bits per heavy atom. The lowest BCUT2D eigenvalue weighted by molar-refractivity contribution is 0.296. The Morgan fingerprint density at radius 2 is 1.72 bits per heavy atom. The van der Waals surface area contributed by atoms with Crippen molar-refractivity contribution in [2.75, 3.05) is 12.4 Å². The van der Waals surface area contributed by atoms with Crippen molar-refractivity contribution in [2.24, 2.45) is 0 Å². The van der Waals surface area contributed by atoms with Crippen LogP contribution in [-0.2, 0) is 0 Å². The molecule has 0 aliphatic heterocycles. The fourth-order valence-electron chi connectivity index (χ4n) is 1.99. The van der Waals surface area contributed by atoms with Crippen molar-refractivity contribution in [1.82, 2.24) is 4.90 Å². The minimum atomic E-state index is 0.361. The Morgan fingerprint density at radius 3 is 2.22 bits per heavy atom. The van der Waals surface area contributed by atoms with Gasteiger partial charge in [-0.1, -0.05) is 12.1 Å². The van der Waals surface area contributed by atoms with Crippen molar-refractivity contribution >= 4 is 23.0 Å². The van der Waals surface area contributed by atoms with Crippen molar-refractivity contribution in [3.63, 3.8) is 0 Å². The third-order valence-corrected chi connectivity index (χ3v) is 3.01. The van der Waals surface area contributed by atoms with E-state index in [0.717, 1.165) is 16.5 Å². The average molecular weight is 266 g/mol. The highest BCUT2D eigenvalue weighted by Gasteiger charge is 2.17. The van der Waals surface area contributed by atoms with Gasteiger partial charge in [-0.05, 0) is 52.0 Å². The van der Waals surface area contributed by atoms with Crippen molar-refractivity contribution < 1.29 is 4.74 Å². The molecule has 0 amide bonds. The number of rotatable bonds is 4. The van der Waals surface area contributed by atoms with Crippen LogP contribution in [0.15, 0.2) is 24.3 Å². The molecule has 1 N–H and O–H groups in total. The number of anilines is 1. The quantitative estimate of drug-likeness (QED) is 0.843. The number of ether oxygens (including phenoxy) is 1. The maximum Gasteiger partial charge on any atom is 0.173 e. The minimum Gasteiger partial charge on any atom is -0.495 e. The van der Waals surface area contributed by atoms with Gasteiger partial charge < -0.3 is 15.0 Å². The summed E-state index contributed by atoms with van der Waals surface area (Å²) < 4.78 is 5.31. The largest absolute Gasteiger partial charge is 0.495 e. The van der Waals surface area contributed by atoms with Gasteiger partial charge in [-0.15, -0.1) is 0 Å². The molecule has 1 aromatic carbocycles. The molecule has 18 heavy (non-hydrogen) atoms. The summed E-state index contributed by atoms with van der Waals surface area (Å²) in [4.78, 5) is 2.17. The maximum absolute atomic E-state index is 5.48. The Balaban J connectivity index is 2.86. The maximum atomic E-state index is 5.48. The van der Waals surface area contributed by atoms with Crippen LogP contribution in [0.1, 0.15) is 27.7 Å². The first-order valence-electron chi connectivity index (χ1n) is 6.19. The second-order valence-electron chi connectivity index (χ2n) is 4.73. The summed E-state index contributed by atoms with van der Waals surface area (Å²) >= 11 is 5.48. The second kappa shape index (κ2) is 6.59. The summed E-state index contributed by atoms with van der Waals surface area (Å²) in [5, 5.41) is 3.98. The van der Waals surface area contributed by atoms with E-state index in [4.69, 9.17) is 17.0 Å². The smallest absolute Gasteiger partial charge is 0.173 e. The van der Waals surface area contributed by atoms with Gasteiger partial charge in [0.15, 0.2) is 5.11 Å². The summed E-state index contributed by atoms with van der Waals surface area (Å²) in [6.45, 7) is 8.54. The van der Waals surface area contributed by atoms with Crippen LogP contribution in [-0.4, -0.2) is 29.2 Å². The molecule has 0 saturated carbocycles. The Labute approximate surface area is 115 Å². The minimum absolute atomic E-state index is 0.361. The zero-order chi connectivity index (χ0) is 13.7. The van der Waals surface area contributed by atoms with E-state index in [0.29, 0.717) is 12.1 Å². The van der Waals surface area contributed by atoms with Gasteiger partial charge in [0.25, 0.3) is 0 Å². The summed E-state index contributed by atoms with van der Waals surface area (Å²) in [5.74, 6) is 0.798. The van der Waals surface area contributed by atoms with Gasteiger partial charge in [0.2, 0.25) is 0 Å². The lowest BCUT2D eigenvalue weighted by atomic mass is 10.2. The molecule has 0 aliphatic rings.